The second-order valence-corrected chi connectivity index (χ2v) is 2.14. The summed E-state index contributed by atoms with van der Waals surface area (Å²) in [6.45, 7) is 6.18. The van der Waals surface area contributed by atoms with Crippen molar-refractivity contribution in [3.63, 3.8) is 0 Å². The molecule has 0 unspecified atom stereocenters. The minimum Gasteiger partial charge on any atom is -0.381 e. The zero-order valence-corrected chi connectivity index (χ0v) is 11.2. The van der Waals surface area contributed by atoms with Gasteiger partial charge in [-0.2, -0.15) is 13.3 Å². The molecule has 0 amide bonds. The molecule has 1 aliphatic heterocycles. The second-order valence-electron chi connectivity index (χ2n) is 2.14. The number of rotatable bonds is 1. The Balaban J connectivity index is -0.000000101. The molecule has 1 heterocycles. The van der Waals surface area contributed by atoms with Crippen LogP contribution in [0, 0.1) is 6.42 Å². The Morgan fingerprint density at radius 3 is 1.73 bits per heavy atom. The van der Waals surface area contributed by atoms with E-state index < -0.39 is 0 Å². The largest absolute Gasteiger partial charge is 1.00 e. The Morgan fingerprint density at radius 1 is 1.27 bits per heavy atom. The maximum absolute atomic E-state index is 4.94. The van der Waals surface area contributed by atoms with Gasteiger partial charge in [-0.15, -0.1) is 0 Å². The van der Waals surface area contributed by atoms with Gasteiger partial charge < -0.3 is 11.2 Å². The van der Waals surface area contributed by atoms with Crippen molar-refractivity contribution in [2.75, 3.05) is 13.2 Å². The molecule has 0 aromatic rings. The third kappa shape index (κ3) is 18.5. The minimum absolute atomic E-state index is 0. The summed E-state index contributed by atoms with van der Waals surface area (Å²) in [4.78, 5) is 0. The Labute approximate surface area is 116 Å². The van der Waals surface area contributed by atoms with E-state index in [2.05, 4.69) is 20.3 Å². The average molecular weight is 179 g/mol. The van der Waals surface area contributed by atoms with Crippen molar-refractivity contribution < 1.29 is 56.1 Å². The molecule has 0 bridgehead atoms. The first kappa shape index (κ1) is 18.4. The van der Waals surface area contributed by atoms with Gasteiger partial charge in [-0.25, -0.2) is 0 Å². The number of hydrogen-bond acceptors (Lipinski definition) is 1. The van der Waals surface area contributed by atoms with Crippen LogP contribution < -0.4 is 51.4 Å². The van der Waals surface area contributed by atoms with E-state index in [1.165, 1.54) is 19.3 Å². The number of hydrogen-bond donors (Lipinski definition) is 0. The summed E-state index contributed by atoms with van der Waals surface area (Å²) < 4.78 is 4.94. The normalized spacial score (nSPS) is 13.6. The first-order valence-corrected chi connectivity index (χ1v) is 3.77. The van der Waals surface area contributed by atoms with E-state index in [0.29, 0.717) is 0 Å². The van der Waals surface area contributed by atoms with Gasteiger partial charge in [0.1, 0.15) is 0 Å². The summed E-state index contributed by atoms with van der Waals surface area (Å²) in [5.41, 5.74) is 0. The molecular weight excluding hydrogens is 162 g/mol. The summed E-state index contributed by atoms with van der Waals surface area (Å²) in [5.74, 6) is 0. The van der Waals surface area contributed by atoms with Crippen molar-refractivity contribution in [3.8, 4) is 0 Å². The predicted molar refractivity (Wildman–Crippen MR) is 46.1 cm³/mol. The molecule has 0 aromatic carbocycles. The maximum Gasteiger partial charge on any atom is 1.00 e. The molecular formula is C8H17BKO. The number of unbranched alkanes of at least 4 members (excludes halogenated alkanes) is 1. The van der Waals surface area contributed by atoms with Crippen molar-refractivity contribution >= 4 is 8.41 Å². The van der Waals surface area contributed by atoms with Gasteiger partial charge >= 0.3 is 51.4 Å². The molecule has 0 N–H and O–H groups in total. The Hall–Kier alpha value is 1.66. The van der Waals surface area contributed by atoms with Gasteiger partial charge in [0.2, 0.25) is 0 Å². The fourth-order valence-corrected chi connectivity index (χ4v) is 0.510. The van der Waals surface area contributed by atoms with E-state index in [1.807, 2.05) is 0 Å². The minimum atomic E-state index is 0. The Bertz CT molecular complexity index is 39.7. The molecule has 0 atom stereocenters. The van der Waals surface area contributed by atoms with Gasteiger partial charge in [0.25, 0.3) is 0 Å². The molecule has 3 heteroatoms. The molecule has 1 rings (SSSR count). The van der Waals surface area contributed by atoms with Crippen molar-refractivity contribution in [2.45, 2.75) is 33.1 Å². The Morgan fingerprint density at radius 2 is 1.64 bits per heavy atom. The molecule has 11 heavy (non-hydrogen) atoms. The molecule has 0 aromatic heterocycles. The van der Waals surface area contributed by atoms with Gasteiger partial charge in [-0.1, -0.05) is 6.92 Å². The average Bonchev–Trinajstić information content (AvgIpc) is 2.43. The molecule has 59 valence electrons. The van der Waals surface area contributed by atoms with Crippen LogP contribution in [0.25, 0.3) is 0 Å². The topological polar surface area (TPSA) is 9.23 Å². The zero-order chi connectivity index (χ0) is 6.95. The summed E-state index contributed by atoms with van der Waals surface area (Å²) in [6.07, 6.45) is 5.88. The first-order chi connectivity index (χ1) is 4.41. The van der Waals surface area contributed by atoms with E-state index in [4.69, 9.17) is 4.74 Å². The summed E-state index contributed by atoms with van der Waals surface area (Å²) in [5, 5.41) is 0. The summed E-state index contributed by atoms with van der Waals surface area (Å²) in [6, 6.07) is 0. The Kier molecular flexibility index (Phi) is 29.6. The quantitative estimate of drug-likeness (QED) is 0.372. The van der Waals surface area contributed by atoms with Crippen molar-refractivity contribution in [1.29, 1.82) is 0 Å². The van der Waals surface area contributed by atoms with Crippen LogP contribution in [0.15, 0.2) is 0 Å². The SMILES string of the molecule is C1CCOC1.C[CH-]CC.[B].[K+]. The predicted octanol–water partition coefficient (Wildman–Crippen LogP) is -0.959. The molecule has 0 saturated carbocycles. The van der Waals surface area contributed by atoms with Crippen LogP contribution in [0.5, 0.6) is 0 Å². The van der Waals surface area contributed by atoms with Crippen molar-refractivity contribution in [2.24, 2.45) is 0 Å². The summed E-state index contributed by atoms with van der Waals surface area (Å²) in [7, 11) is 0. The van der Waals surface area contributed by atoms with Crippen LogP contribution in [-0.2, 0) is 4.74 Å². The standard InChI is InChI=1S/C4H8O.C4H9.B.K/c1-2-4-5-3-1;1-3-4-2;;/h1-4H2;3H,4H2,1-2H3;;/q;-1;;+1. The van der Waals surface area contributed by atoms with Crippen LogP contribution in [0.1, 0.15) is 33.1 Å². The van der Waals surface area contributed by atoms with E-state index in [-0.39, 0.29) is 59.8 Å². The smallest absolute Gasteiger partial charge is 0.381 e. The van der Waals surface area contributed by atoms with E-state index in [9.17, 15) is 0 Å². The van der Waals surface area contributed by atoms with Crippen LogP contribution >= 0.6 is 0 Å². The third-order valence-corrected chi connectivity index (χ3v) is 1.24. The van der Waals surface area contributed by atoms with E-state index >= 15 is 0 Å². The van der Waals surface area contributed by atoms with Crippen LogP contribution in [0.2, 0.25) is 0 Å². The van der Waals surface area contributed by atoms with Gasteiger partial charge in [-0.05, 0) is 12.8 Å². The molecule has 1 aliphatic rings. The van der Waals surface area contributed by atoms with E-state index in [0.717, 1.165) is 13.2 Å². The van der Waals surface area contributed by atoms with Crippen molar-refractivity contribution in [3.05, 3.63) is 6.42 Å². The first-order valence-electron chi connectivity index (χ1n) is 3.77. The maximum atomic E-state index is 4.94. The molecule has 1 fully saturated rings. The second kappa shape index (κ2) is 17.7. The molecule has 0 spiro atoms. The zero-order valence-electron chi connectivity index (χ0n) is 8.10. The molecule has 3 radical (unpaired) electrons. The van der Waals surface area contributed by atoms with Crippen molar-refractivity contribution in [1.82, 2.24) is 0 Å². The van der Waals surface area contributed by atoms with Gasteiger partial charge in [0.05, 0.1) is 0 Å². The molecule has 0 aliphatic carbocycles. The number of ether oxygens (including phenoxy) is 1. The molecule has 1 nitrogen and oxygen atoms in total. The van der Waals surface area contributed by atoms with Crippen LogP contribution in [0.4, 0.5) is 0 Å². The summed E-state index contributed by atoms with van der Waals surface area (Å²) >= 11 is 0. The van der Waals surface area contributed by atoms with Crippen LogP contribution in [-0.4, -0.2) is 21.6 Å². The van der Waals surface area contributed by atoms with Gasteiger partial charge in [0.15, 0.2) is 0 Å². The van der Waals surface area contributed by atoms with E-state index in [1.54, 1.807) is 0 Å². The van der Waals surface area contributed by atoms with Gasteiger partial charge in [-0.3, -0.25) is 0 Å². The third-order valence-electron chi connectivity index (χ3n) is 1.24. The molecule has 1 saturated heterocycles. The van der Waals surface area contributed by atoms with Crippen LogP contribution in [0.3, 0.4) is 0 Å². The monoisotopic (exact) mass is 179 g/mol. The fraction of sp³-hybridized carbons (Fsp3) is 0.875. The van der Waals surface area contributed by atoms with Gasteiger partial charge in [0, 0.05) is 21.6 Å². The fourth-order valence-electron chi connectivity index (χ4n) is 0.510.